The van der Waals surface area contributed by atoms with Crippen LogP contribution in [-0.4, -0.2) is 18.4 Å². The molecule has 0 saturated heterocycles. The van der Waals surface area contributed by atoms with E-state index in [0.717, 1.165) is 23.2 Å². The van der Waals surface area contributed by atoms with Crippen molar-refractivity contribution in [3.05, 3.63) is 58.6 Å². The molecule has 0 saturated carbocycles. The van der Waals surface area contributed by atoms with Gasteiger partial charge in [-0.05, 0) is 35.7 Å². The number of rotatable bonds is 3. The lowest BCUT2D eigenvalue weighted by Gasteiger charge is -2.26. The molecule has 0 aliphatic carbocycles. The summed E-state index contributed by atoms with van der Waals surface area (Å²) in [5.41, 5.74) is 3.06. The van der Waals surface area contributed by atoms with Gasteiger partial charge in [-0.2, -0.15) is 0 Å². The highest BCUT2D eigenvalue weighted by Crippen LogP contribution is 2.34. The van der Waals surface area contributed by atoms with Crippen molar-refractivity contribution in [2.45, 2.75) is 33.6 Å². The number of benzene rings is 2. The van der Waals surface area contributed by atoms with Crippen LogP contribution in [0.2, 0.25) is 5.02 Å². The predicted molar refractivity (Wildman–Crippen MR) is 106 cm³/mol. The molecule has 2 aromatic carbocycles. The number of fused-ring (bicyclic) bond motifs is 1. The van der Waals surface area contributed by atoms with Gasteiger partial charge in [0.25, 0.3) is 0 Å². The van der Waals surface area contributed by atoms with Crippen LogP contribution in [0.3, 0.4) is 0 Å². The molecular formula is C21H23ClN2O2. The number of nitrogens with one attached hydrogen (secondary N) is 1. The second-order valence-electron chi connectivity index (χ2n) is 7.62. The predicted octanol–water partition coefficient (Wildman–Crippen LogP) is 4.46. The molecule has 5 heteroatoms. The van der Waals surface area contributed by atoms with Crippen molar-refractivity contribution < 1.29 is 9.59 Å². The van der Waals surface area contributed by atoms with Gasteiger partial charge in [-0.15, -0.1) is 0 Å². The molecule has 0 unspecified atom stereocenters. The van der Waals surface area contributed by atoms with Crippen molar-refractivity contribution in [1.82, 2.24) is 0 Å². The topological polar surface area (TPSA) is 49.4 Å². The summed E-state index contributed by atoms with van der Waals surface area (Å²) in [4.78, 5) is 26.8. The Morgan fingerprint density at radius 3 is 2.58 bits per heavy atom. The highest BCUT2D eigenvalue weighted by atomic mass is 35.5. The molecule has 2 aromatic rings. The average molecular weight is 371 g/mol. The van der Waals surface area contributed by atoms with Crippen molar-refractivity contribution in [2.75, 3.05) is 16.8 Å². The van der Waals surface area contributed by atoms with E-state index in [1.165, 1.54) is 0 Å². The number of carbonyl (C=O) groups excluding carboxylic acids is 2. The zero-order chi connectivity index (χ0) is 18.9. The van der Waals surface area contributed by atoms with Gasteiger partial charge in [-0.25, -0.2) is 0 Å². The number of halogens is 1. The Bertz CT molecular complexity index is 855. The van der Waals surface area contributed by atoms with Gasteiger partial charge in [0.1, 0.15) is 0 Å². The van der Waals surface area contributed by atoms with Crippen molar-refractivity contribution in [3.63, 3.8) is 0 Å². The minimum Gasteiger partial charge on any atom is -0.326 e. The number of hydrogen-bond acceptors (Lipinski definition) is 2. The van der Waals surface area contributed by atoms with Crippen LogP contribution in [0.4, 0.5) is 11.4 Å². The highest BCUT2D eigenvalue weighted by molar-refractivity contribution is 6.31. The fourth-order valence-electron chi connectivity index (χ4n) is 3.09. The van der Waals surface area contributed by atoms with Gasteiger partial charge >= 0.3 is 0 Å². The molecule has 0 atom stereocenters. The molecule has 0 spiro atoms. The second kappa shape index (κ2) is 7.12. The van der Waals surface area contributed by atoms with E-state index >= 15 is 0 Å². The summed E-state index contributed by atoms with van der Waals surface area (Å²) in [6.07, 6.45) is 1.05. The van der Waals surface area contributed by atoms with Crippen LogP contribution in [0.1, 0.15) is 31.9 Å². The van der Waals surface area contributed by atoms with Crippen LogP contribution >= 0.6 is 11.6 Å². The van der Waals surface area contributed by atoms with Crippen molar-refractivity contribution in [1.29, 1.82) is 0 Å². The van der Waals surface area contributed by atoms with E-state index in [9.17, 15) is 9.59 Å². The summed E-state index contributed by atoms with van der Waals surface area (Å²) in [7, 11) is 0. The third-order valence-corrected chi connectivity index (χ3v) is 4.83. The van der Waals surface area contributed by atoms with Gasteiger partial charge in [-0.1, -0.05) is 56.6 Å². The van der Waals surface area contributed by atoms with Crippen LogP contribution in [0, 0.1) is 5.41 Å². The molecule has 136 valence electrons. The smallest absolute Gasteiger partial charge is 0.232 e. The molecule has 4 nitrogen and oxygen atoms in total. The number of hydrogen-bond donors (Lipinski definition) is 1. The molecule has 0 aromatic heterocycles. The zero-order valence-corrected chi connectivity index (χ0v) is 16.1. The first-order valence-corrected chi connectivity index (χ1v) is 9.11. The van der Waals surface area contributed by atoms with Gasteiger partial charge in [0.05, 0.1) is 6.42 Å². The third kappa shape index (κ3) is 3.91. The Morgan fingerprint density at radius 2 is 1.88 bits per heavy atom. The quantitative estimate of drug-likeness (QED) is 0.867. The molecule has 1 aliphatic rings. The van der Waals surface area contributed by atoms with Crippen LogP contribution in [-0.2, 0) is 22.4 Å². The Hall–Kier alpha value is -2.33. The summed E-state index contributed by atoms with van der Waals surface area (Å²) in [6, 6.07) is 13.1. The van der Waals surface area contributed by atoms with Crippen molar-refractivity contribution in [3.8, 4) is 0 Å². The minimum atomic E-state index is -0.440. The van der Waals surface area contributed by atoms with E-state index in [1.54, 1.807) is 6.07 Å². The molecule has 0 bridgehead atoms. The molecule has 0 radical (unpaired) electrons. The maximum atomic E-state index is 12.7. The summed E-state index contributed by atoms with van der Waals surface area (Å²) in [6.45, 7) is 6.44. The van der Waals surface area contributed by atoms with Gasteiger partial charge < -0.3 is 10.2 Å². The van der Waals surface area contributed by atoms with Crippen molar-refractivity contribution in [2.24, 2.45) is 5.41 Å². The first kappa shape index (κ1) is 18.5. The summed E-state index contributed by atoms with van der Waals surface area (Å²) in [5, 5.41) is 3.49. The molecule has 1 aliphatic heterocycles. The summed E-state index contributed by atoms with van der Waals surface area (Å²) in [5.74, 6) is -0.0412. The highest BCUT2D eigenvalue weighted by Gasteiger charge is 2.32. The summed E-state index contributed by atoms with van der Waals surface area (Å²) < 4.78 is 0. The Morgan fingerprint density at radius 1 is 1.15 bits per heavy atom. The molecule has 1 N–H and O–H groups in total. The van der Waals surface area contributed by atoms with Crippen LogP contribution in [0.25, 0.3) is 0 Å². The lowest BCUT2D eigenvalue weighted by Crippen LogP contribution is -2.38. The van der Waals surface area contributed by atoms with E-state index in [-0.39, 0.29) is 18.2 Å². The van der Waals surface area contributed by atoms with Crippen LogP contribution in [0.15, 0.2) is 42.5 Å². The van der Waals surface area contributed by atoms with E-state index in [0.29, 0.717) is 17.3 Å². The third-order valence-electron chi connectivity index (χ3n) is 4.46. The second-order valence-corrected chi connectivity index (χ2v) is 8.02. The molecule has 0 fully saturated rings. The Kier molecular flexibility index (Phi) is 5.05. The zero-order valence-electron chi connectivity index (χ0n) is 15.3. The van der Waals surface area contributed by atoms with Crippen LogP contribution in [0.5, 0.6) is 0 Å². The minimum absolute atomic E-state index is 0.0933. The Balaban J connectivity index is 1.76. The summed E-state index contributed by atoms with van der Waals surface area (Å²) >= 11 is 6.12. The molecule has 1 heterocycles. The monoisotopic (exact) mass is 370 g/mol. The largest absolute Gasteiger partial charge is 0.326 e. The van der Waals surface area contributed by atoms with E-state index < -0.39 is 5.41 Å². The lowest BCUT2D eigenvalue weighted by molar-refractivity contribution is -0.125. The van der Waals surface area contributed by atoms with Gasteiger partial charge in [0.15, 0.2) is 0 Å². The van der Waals surface area contributed by atoms with Gasteiger partial charge in [0.2, 0.25) is 11.8 Å². The number of amides is 2. The SMILES string of the molecule is CC(C)(C)C(=O)N1CCc2ccc(NC(=O)Cc3ccccc3Cl)cc21. The van der Waals surface area contributed by atoms with Gasteiger partial charge in [-0.3, -0.25) is 9.59 Å². The number of nitrogens with zero attached hydrogens (tertiary/aromatic N) is 1. The van der Waals surface area contributed by atoms with E-state index in [1.807, 2.05) is 62.1 Å². The molecular weight excluding hydrogens is 348 g/mol. The fourth-order valence-corrected chi connectivity index (χ4v) is 3.30. The molecule has 3 rings (SSSR count). The maximum Gasteiger partial charge on any atom is 0.232 e. The number of anilines is 2. The average Bonchev–Trinajstić information content (AvgIpc) is 2.98. The lowest BCUT2D eigenvalue weighted by atomic mass is 9.94. The maximum absolute atomic E-state index is 12.7. The van der Waals surface area contributed by atoms with E-state index in [4.69, 9.17) is 11.6 Å². The molecule has 2 amide bonds. The van der Waals surface area contributed by atoms with Crippen LogP contribution < -0.4 is 10.2 Å². The van der Waals surface area contributed by atoms with E-state index in [2.05, 4.69) is 5.32 Å². The standard InChI is InChI=1S/C21H23ClN2O2/c1-21(2,3)20(26)24-11-10-14-8-9-16(13-18(14)24)23-19(25)12-15-6-4-5-7-17(15)22/h4-9,13H,10-12H2,1-3H3,(H,23,25). The molecule has 26 heavy (non-hydrogen) atoms. The first-order chi connectivity index (χ1) is 12.3. The first-order valence-electron chi connectivity index (χ1n) is 8.74. The fraction of sp³-hybridized carbons (Fsp3) is 0.333. The number of carbonyl (C=O) groups is 2. The van der Waals surface area contributed by atoms with Gasteiger partial charge in [0, 0.05) is 28.4 Å². The van der Waals surface area contributed by atoms with Crippen molar-refractivity contribution >= 4 is 34.8 Å². The Labute approximate surface area is 159 Å². The normalized spacial score (nSPS) is 13.5.